The molecule has 0 aromatic heterocycles. The Hall–Kier alpha value is -1.59. The molecule has 2 aliphatic carbocycles. The van der Waals surface area contributed by atoms with Crippen molar-refractivity contribution in [3.05, 3.63) is 0 Å². The van der Waals surface area contributed by atoms with Crippen molar-refractivity contribution in [1.29, 1.82) is 0 Å². The number of nitrogens with one attached hydrogen (secondary N) is 1. The third-order valence-electron chi connectivity index (χ3n) is 6.51. The summed E-state index contributed by atoms with van der Waals surface area (Å²) in [5.74, 6) is 0.283. The monoisotopic (exact) mass is 350 g/mol. The van der Waals surface area contributed by atoms with Crippen molar-refractivity contribution >= 4 is 17.8 Å². The van der Waals surface area contributed by atoms with Gasteiger partial charge in [-0.05, 0) is 37.0 Å². The third kappa shape index (κ3) is 3.98. The largest absolute Gasteiger partial charge is 0.481 e. The van der Waals surface area contributed by atoms with Crippen LogP contribution in [0, 0.1) is 17.8 Å². The van der Waals surface area contributed by atoms with E-state index < -0.39 is 5.97 Å². The van der Waals surface area contributed by atoms with Crippen LogP contribution in [-0.2, 0) is 14.4 Å². The normalized spacial score (nSPS) is 32.7. The molecule has 140 valence electrons. The molecule has 1 aliphatic heterocycles. The van der Waals surface area contributed by atoms with Crippen LogP contribution < -0.4 is 5.32 Å². The Balaban J connectivity index is 1.57. The maximum absolute atomic E-state index is 12.6. The van der Waals surface area contributed by atoms with E-state index in [0.717, 1.165) is 19.3 Å². The fraction of sp³-hybridized carbons (Fsp3) is 0.842. The summed E-state index contributed by atoms with van der Waals surface area (Å²) in [4.78, 5) is 37.2. The van der Waals surface area contributed by atoms with Gasteiger partial charge in [-0.15, -0.1) is 0 Å². The van der Waals surface area contributed by atoms with E-state index in [2.05, 4.69) is 17.1 Å². The van der Waals surface area contributed by atoms with Crippen molar-refractivity contribution < 1.29 is 19.5 Å². The lowest BCUT2D eigenvalue weighted by atomic mass is 9.88. The second-order valence-electron chi connectivity index (χ2n) is 8.10. The Morgan fingerprint density at radius 3 is 2.60 bits per heavy atom. The lowest BCUT2D eigenvalue weighted by Gasteiger charge is -2.35. The van der Waals surface area contributed by atoms with Crippen LogP contribution in [0.3, 0.4) is 0 Å². The molecule has 1 saturated heterocycles. The molecule has 2 amide bonds. The highest BCUT2D eigenvalue weighted by molar-refractivity contribution is 5.81. The zero-order valence-electron chi connectivity index (χ0n) is 15.1. The van der Waals surface area contributed by atoms with Gasteiger partial charge in [0.1, 0.15) is 0 Å². The minimum atomic E-state index is -0.950. The molecule has 4 atom stereocenters. The van der Waals surface area contributed by atoms with Crippen LogP contribution >= 0.6 is 0 Å². The lowest BCUT2D eigenvalue weighted by Crippen LogP contribution is -2.43. The van der Waals surface area contributed by atoms with Gasteiger partial charge in [-0.3, -0.25) is 14.4 Å². The SMILES string of the molecule is C[C@H]1C[C@@H]2[C@@H](CC(=O)N2C2CCCCC2)[C@@H]1CNC(=O)CCC(=O)O. The van der Waals surface area contributed by atoms with Crippen LogP contribution in [0.2, 0.25) is 0 Å². The van der Waals surface area contributed by atoms with Gasteiger partial charge >= 0.3 is 5.97 Å². The highest BCUT2D eigenvalue weighted by Gasteiger charge is 2.52. The standard InChI is InChI=1S/C19H30N2O4/c1-12-9-16-14(15(12)11-20-17(22)7-8-19(24)25)10-18(23)21(16)13-5-3-2-4-6-13/h12-16H,2-11H2,1H3,(H,20,22)(H,24,25)/t12-,14-,15+,16+/m0/s1. The first-order valence-corrected chi connectivity index (χ1v) is 9.77. The molecule has 3 rings (SSSR count). The number of carboxylic acids is 1. The average molecular weight is 350 g/mol. The van der Waals surface area contributed by atoms with E-state index in [0.29, 0.717) is 48.7 Å². The molecule has 6 nitrogen and oxygen atoms in total. The highest BCUT2D eigenvalue weighted by Crippen LogP contribution is 2.47. The minimum Gasteiger partial charge on any atom is -0.481 e. The van der Waals surface area contributed by atoms with Crippen molar-refractivity contribution in [3.63, 3.8) is 0 Å². The summed E-state index contributed by atoms with van der Waals surface area (Å²) >= 11 is 0. The average Bonchev–Trinajstić information content (AvgIpc) is 3.05. The number of rotatable bonds is 6. The molecule has 2 N–H and O–H groups in total. The summed E-state index contributed by atoms with van der Waals surface area (Å²) in [7, 11) is 0. The number of nitrogens with zero attached hydrogens (tertiary/aromatic N) is 1. The lowest BCUT2D eigenvalue weighted by molar-refractivity contribution is -0.139. The summed E-state index contributed by atoms with van der Waals surface area (Å²) in [6, 6.07) is 0.763. The Bertz CT molecular complexity index is 530. The van der Waals surface area contributed by atoms with Crippen LogP contribution in [0.5, 0.6) is 0 Å². The predicted molar refractivity (Wildman–Crippen MR) is 92.8 cm³/mol. The van der Waals surface area contributed by atoms with Crippen LogP contribution in [0.4, 0.5) is 0 Å². The van der Waals surface area contributed by atoms with E-state index in [9.17, 15) is 14.4 Å². The number of aliphatic carboxylic acids is 1. The van der Waals surface area contributed by atoms with Gasteiger partial charge in [-0.1, -0.05) is 26.2 Å². The molecule has 0 bridgehead atoms. The Morgan fingerprint density at radius 2 is 1.92 bits per heavy atom. The predicted octanol–water partition coefficient (Wildman–Crippen LogP) is 2.17. The maximum atomic E-state index is 12.6. The number of hydrogen-bond acceptors (Lipinski definition) is 3. The fourth-order valence-corrected chi connectivity index (χ4v) is 5.26. The second-order valence-corrected chi connectivity index (χ2v) is 8.10. The molecule has 6 heteroatoms. The fourth-order valence-electron chi connectivity index (χ4n) is 5.26. The topological polar surface area (TPSA) is 86.7 Å². The number of likely N-dealkylation sites (tertiary alicyclic amines) is 1. The zero-order chi connectivity index (χ0) is 18.0. The first kappa shape index (κ1) is 18.2. The van der Waals surface area contributed by atoms with Crippen LogP contribution in [0.25, 0.3) is 0 Å². The Labute approximate surface area is 149 Å². The molecular formula is C19H30N2O4. The number of carbonyl (C=O) groups is 3. The maximum Gasteiger partial charge on any atom is 0.303 e. The van der Waals surface area contributed by atoms with E-state index >= 15 is 0 Å². The summed E-state index contributed by atoms with van der Waals surface area (Å²) in [6.07, 6.45) is 7.55. The molecule has 2 saturated carbocycles. The first-order chi connectivity index (χ1) is 12.0. The van der Waals surface area contributed by atoms with Gasteiger partial charge in [-0.25, -0.2) is 0 Å². The van der Waals surface area contributed by atoms with E-state index in [1.165, 1.54) is 19.3 Å². The van der Waals surface area contributed by atoms with Crippen LogP contribution in [0.15, 0.2) is 0 Å². The van der Waals surface area contributed by atoms with Crippen molar-refractivity contribution in [1.82, 2.24) is 10.2 Å². The molecule has 3 fully saturated rings. The van der Waals surface area contributed by atoms with Gasteiger partial charge in [0, 0.05) is 31.5 Å². The number of hydrogen-bond donors (Lipinski definition) is 2. The summed E-state index contributed by atoms with van der Waals surface area (Å²) in [5.41, 5.74) is 0. The molecule has 0 aromatic carbocycles. The quantitative estimate of drug-likeness (QED) is 0.769. The first-order valence-electron chi connectivity index (χ1n) is 9.77. The summed E-state index contributed by atoms with van der Waals surface area (Å²) in [5, 5.41) is 11.6. The van der Waals surface area contributed by atoms with Crippen LogP contribution in [-0.4, -0.2) is 46.4 Å². The number of carboxylic acid groups (broad SMARTS) is 1. The van der Waals surface area contributed by atoms with Gasteiger partial charge in [0.05, 0.1) is 6.42 Å². The van der Waals surface area contributed by atoms with E-state index in [1.807, 2.05) is 0 Å². The Kier molecular flexibility index (Phi) is 5.64. The van der Waals surface area contributed by atoms with Crippen molar-refractivity contribution in [2.45, 2.75) is 76.8 Å². The van der Waals surface area contributed by atoms with E-state index in [1.54, 1.807) is 0 Å². The van der Waals surface area contributed by atoms with Gasteiger partial charge in [-0.2, -0.15) is 0 Å². The molecule has 0 aromatic rings. The van der Waals surface area contributed by atoms with Crippen LogP contribution in [0.1, 0.15) is 64.7 Å². The number of amides is 2. The second kappa shape index (κ2) is 7.75. The molecule has 0 spiro atoms. The van der Waals surface area contributed by atoms with Crippen molar-refractivity contribution in [2.24, 2.45) is 17.8 Å². The van der Waals surface area contributed by atoms with E-state index in [-0.39, 0.29) is 18.7 Å². The molecular weight excluding hydrogens is 320 g/mol. The zero-order valence-corrected chi connectivity index (χ0v) is 15.1. The number of fused-ring (bicyclic) bond motifs is 1. The molecule has 0 radical (unpaired) electrons. The molecule has 1 heterocycles. The van der Waals surface area contributed by atoms with Gasteiger partial charge in [0.25, 0.3) is 0 Å². The highest BCUT2D eigenvalue weighted by atomic mass is 16.4. The van der Waals surface area contributed by atoms with Crippen molar-refractivity contribution in [3.8, 4) is 0 Å². The smallest absolute Gasteiger partial charge is 0.303 e. The molecule has 0 unspecified atom stereocenters. The summed E-state index contributed by atoms with van der Waals surface area (Å²) < 4.78 is 0. The van der Waals surface area contributed by atoms with Gasteiger partial charge in [0.2, 0.25) is 11.8 Å². The minimum absolute atomic E-state index is 0.0255. The number of carbonyl (C=O) groups excluding carboxylic acids is 2. The summed E-state index contributed by atoms with van der Waals surface area (Å²) in [6.45, 7) is 2.78. The molecule has 25 heavy (non-hydrogen) atoms. The van der Waals surface area contributed by atoms with Gasteiger partial charge in [0.15, 0.2) is 0 Å². The molecule has 3 aliphatic rings. The van der Waals surface area contributed by atoms with Crippen molar-refractivity contribution in [2.75, 3.05) is 6.54 Å². The third-order valence-corrected chi connectivity index (χ3v) is 6.51. The Morgan fingerprint density at radius 1 is 1.20 bits per heavy atom. The van der Waals surface area contributed by atoms with Gasteiger partial charge < -0.3 is 15.3 Å². The van der Waals surface area contributed by atoms with E-state index in [4.69, 9.17) is 5.11 Å².